The molecule has 0 aromatic heterocycles. The van der Waals surface area contributed by atoms with Gasteiger partial charge in [-0.15, -0.1) is 0 Å². The van der Waals surface area contributed by atoms with Gasteiger partial charge in [0.15, 0.2) is 6.29 Å². The van der Waals surface area contributed by atoms with E-state index in [0.717, 1.165) is 105 Å². The van der Waals surface area contributed by atoms with Crippen molar-refractivity contribution in [3.8, 4) is 11.5 Å². The molecule has 2 saturated heterocycles. The molecule has 3 rings (SSSR count). The summed E-state index contributed by atoms with van der Waals surface area (Å²) in [4.78, 5) is 14.7. The monoisotopic (exact) mass is 635 g/mol. The van der Waals surface area contributed by atoms with Crippen molar-refractivity contribution in [2.75, 3.05) is 20.3 Å². The second-order valence-corrected chi connectivity index (χ2v) is 13.7. The molecule has 0 bridgehead atoms. The number of rotatable bonds is 16. The number of hydrogen-bond donors (Lipinski definition) is 1. The Labute approximate surface area is 279 Å². The molecule has 2 aliphatic rings. The number of phenolic OH excluding ortho intramolecular Hbond substituents is 1. The minimum absolute atomic E-state index is 0.209. The van der Waals surface area contributed by atoms with Gasteiger partial charge < -0.3 is 19.3 Å². The van der Waals surface area contributed by atoms with Gasteiger partial charge in [-0.2, -0.15) is 0 Å². The molecule has 0 spiro atoms. The summed E-state index contributed by atoms with van der Waals surface area (Å²) in [5, 5.41) is 11.5. The third-order valence-electron chi connectivity index (χ3n) is 9.58. The van der Waals surface area contributed by atoms with Gasteiger partial charge in [0, 0.05) is 24.1 Å². The zero-order valence-electron chi connectivity index (χ0n) is 30.1. The highest BCUT2D eigenvalue weighted by Gasteiger charge is 2.33. The van der Waals surface area contributed by atoms with Gasteiger partial charge in [-0.1, -0.05) is 46.6 Å². The number of aromatic hydroxyl groups is 1. The summed E-state index contributed by atoms with van der Waals surface area (Å²) in [5.74, 6) is 0.903. The number of methoxy groups -OCH3 is 1. The number of carbonyl (C=O) groups is 1. The van der Waals surface area contributed by atoms with Crippen LogP contribution in [-0.4, -0.2) is 48.6 Å². The fourth-order valence-electron chi connectivity index (χ4n) is 6.45. The Bertz CT molecular complexity index is 1280. The van der Waals surface area contributed by atoms with Crippen molar-refractivity contribution in [2.24, 2.45) is 0 Å². The van der Waals surface area contributed by atoms with Crippen LogP contribution in [0.15, 0.2) is 46.6 Å². The van der Waals surface area contributed by atoms with E-state index in [4.69, 9.17) is 14.2 Å². The Balaban J connectivity index is 1.75. The summed E-state index contributed by atoms with van der Waals surface area (Å²) in [6.45, 7) is 16.9. The zero-order chi connectivity index (χ0) is 33.6. The molecule has 46 heavy (non-hydrogen) atoms. The molecule has 0 aliphatic carbocycles. The summed E-state index contributed by atoms with van der Waals surface area (Å²) >= 11 is 0. The lowest BCUT2D eigenvalue weighted by atomic mass is 9.93. The number of hydrogen-bond acceptors (Lipinski definition) is 6. The van der Waals surface area contributed by atoms with E-state index in [1.165, 1.54) is 29.4 Å². The molecule has 1 unspecified atom stereocenters. The van der Waals surface area contributed by atoms with Gasteiger partial charge in [0.25, 0.3) is 0 Å². The molecule has 256 valence electrons. The Morgan fingerprint density at radius 3 is 2.07 bits per heavy atom. The molecule has 2 aliphatic heterocycles. The molecule has 6 heteroatoms. The Morgan fingerprint density at radius 1 is 0.848 bits per heavy atom. The van der Waals surface area contributed by atoms with Gasteiger partial charge in [-0.25, -0.2) is 0 Å². The molecular formula is C40H61NO5. The number of phenols is 1. The van der Waals surface area contributed by atoms with E-state index >= 15 is 0 Å². The zero-order valence-corrected chi connectivity index (χ0v) is 30.1. The van der Waals surface area contributed by atoms with Crippen LogP contribution < -0.4 is 4.74 Å². The first kappa shape index (κ1) is 37.6. The van der Waals surface area contributed by atoms with Crippen LogP contribution in [-0.2, 0) is 27.2 Å². The fourth-order valence-corrected chi connectivity index (χ4v) is 6.45. The third kappa shape index (κ3) is 11.5. The number of esters is 1. The third-order valence-corrected chi connectivity index (χ3v) is 9.58. The minimum Gasteiger partial charge on any atom is -0.507 e. The summed E-state index contributed by atoms with van der Waals surface area (Å²) in [7, 11) is 1.45. The number of benzene rings is 1. The first-order valence-electron chi connectivity index (χ1n) is 17.6. The topological polar surface area (TPSA) is 68.2 Å². The quantitative estimate of drug-likeness (QED) is 0.144. The number of nitrogens with zero attached hydrogens (tertiary/aromatic N) is 1. The van der Waals surface area contributed by atoms with E-state index in [1.807, 2.05) is 13.8 Å². The molecule has 6 nitrogen and oxygen atoms in total. The molecule has 1 aromatic rings. The second-order valence-electron chi connectivity index (χ2n) is 13.7. The number of ether oxygens (including phenoxy) is 3. The summed E-state index contributed by atoms with van der Waals surface area (Å²) < 4.78 is 17.7. The van der Waals surface area contributed by atoms with Crippen LogP contribution in [0.1, 0.15) is 128 Å². The molecule has 1 aromatic carbocycles. The lowest BCUT2D eigenvalue weighted by Crippen LogP contribution is -2.36. The molecule has 0 amide bonds. The van der Waals surface area contributed by atoms with Crippen molar-refractivity contribution >= 4 is 5.97 Å². The molecule has 2 heterocycles. The molecule has 2 atom stereocenters. The fraction of sp³-hybridized carbons (Fsp3) is 0.625. The van der Waals surface area contributed by atoms with E-state index in [9.17, 15) is 9.90 Å². The van der Waals surface area contributed by atoms with Crippen LogP contribution in [0.4, 0.5) is 0 Å². The number of allylic oxidation sites excluding steroid dienone is 8. The van der Waals surface area contributed by atoms with Crippen molar-refractivity contribution < 1.29 is 24.1 Å². The molecule has 0 saturated carbocycles. The highest BCUT2D eigenvalue weighted by Crippen LogP contribution is 2.41. The van der Waals surface area contributed by atoms with Gasteiger partial charge in [0.2, 0.25) is 0 Å². The maximum absolute atomic E-state index is 12.6. The molecule has 1 N–H and O–H groups in total. The largest absolute Gasteiger partial charge is 0.507 e. The van der Waals surface area contributed by atoms with Crippen LogP contribution in [0.5, 0.6) is 11.5 Å². The van der Waals surface area contributed by atoms with Crippen molar-refractivity contribution in [3.05, 3.63) is 68.9 Å². The maximum Gasteiger partial charge on any atom is 0.323 e. The first-order chi connectivity index (χ1) is 22.0. The van der Waals surface area contributed by atoms with Crippen LogP contribution in [0.2, 0.25) is 0 Å². The Kier molecular flexibility index (Phi) is 15.6. The van der Waals surface area contributed by atoms with Crippen molar-refractivity contribution in [2.45, 2.75) is 144 Å². The van der Waals surface area contributed by atoms with Crippen LogP contribution in [0.3, 0.4) is 0 Å². The molecule has 2 fully saturated rings. The van der Waals surface area contributed by atoms with E-state index in [1.54, 1.807) is 0 Å². The summed E-state index contributed by atoms with van der Waals surface area (Å²) in [6.07, 6.45) is 20.9. The van der Waals surface area contributed by atoms with Crippen LogP contribution in [0, 0.1) is 13.8 Å². The SMILES string of the molecule is COC(=O)[C@H]1CCCN1Cc1c(O)c(C)c(C)c(OC2CCCCO2)c1C/C=C(\C)CC/C=C(\C)CC/C=C(\C)CCC=C(C)C. The standard InChI is InChI=1S/C40H61NO5/c1-28(2)15-11-16-29(3)17-12-18-30(4)19-13-20-31(5)23-24-34-35(27-41-25-14-21-36(41)40(43)44-8)38(42)32(6)33(7)39(34)46-37-22-9-10-26-45-37/h15,17,19,23,36-37,42H,9-14,16,18,20-22,24-27H2,1-8H3/b29-17+,30-19+,31-23+/t36-,37?/m1/s1. The van der Waals surface area contributed by atoms with Gasteiger partial charge >= 0.3 is 5.97 Å². The van der Waals surface area contributed by atoms with Gasteiger partial charge in [-0.3, -0.25) is 9.69 Å². The average Bonchev–Trinajstić information content (AvgIpc) is 3.50. The van der Waals surface area contributed by atoms with Gasteiger partial charge in [0.1, 0.15) is 17.5 Å². The van der Waals surface area contributed by atoms with Crippen LogP contribution >= 0.6 is 0 Å². The average molecular weight is 636 g/mol. The minimum atomic E-state index is -0.293. The van der Waals surface area contributed by atoms with E-state index in [2.05, 4.69) is 63.8 Å². The number of carbonyl (C=O) groups excluding carboxylic acids is 1. The predicted molar refractivity (Wildman–Crippen MR) is 189 cm³/mol. The smallest absolute Gasteiger partial charge is 0.323 e. The normalized spacial score (nSPS) is 19.8. The first-order valence-corrected chi connectivity index (χ1v) is 17.6. The number of likely N-dealkylation sites (tertiary alicyclic amines) is 1. The highest BCUT2D eigenvalue weighted by atomic mass is 16.7. The van der Waals surface area contributed by atoms with E-state index in [-0.39, 0.29) is 18.3 Å². The molecule has 0 radical (unpaired) electrons. The predicted octanol–water partition coefficient (Wildman–Crippen LogP) is 9.74. The summed E-state index contributed by atoms with van der Waals surface area (Å²) in [6, 6.07) is -0.293. The van der Waals surface area contributed by atoms with Gasteiger partial charge in [-0.05, 0) is 137 Å². The highest BCUT2D eigenvalue weighted by molar-refractivity contribution is 5.76. The Morgan fingerprint density at radius 2 is 1.48 bits per heavy atom. The van der Waals surface area contributed by atoms with E-state index in [0.29, 0.717) is 25.3 Å². The molecular weight excluding hydrogens is 574 g/mol. The van der Waals surface area contributed by atoms with Crippen molar-refractivity contribution in [1.82, 2.24) is 4.90 Å². The summed E-state index contributed by atoms with van der Waals surface area (Å²) in [5.41, 5.74) is 9.22. The maximum atomic E-state index is 12.6. The van der Waals surface area contributed by atoms with Crippen LogP contribution in [0.25, 0.3) is 0 Å². The lowest BCUT2D eigenvalue weighted by Gasteiger charge is -2.29. The lowest BCUT2D eigenvalue weighted by molar-refractivity contribution is -0.146. The van der Waals surface area contributed by atoms with Crippen molar-refractivity contribution in [1.29, 1.82) is 0 Å². The van der Waals surface area contributed by atoms with Crippen molar-refractivity contribution in [3.63, 3.8) is 0 Å². The van der Waals surface area contributed by atoms with E-state index < -0.39 is 0 Å². The Hall–Kier alpha value is -2.83. The van der Waals surface area contributed by atoms with Gasteiger partial charge in [0.05, 0.1) is 13.7 Å². The second kappa shape index (κ2) is 19.1.